The van der Waals surface area contributed by atoms with Gasteiger partial charge in [-0.25, -0.2) is 8.42 Å². The fourth-order valence-electron chi connectivity index (χ4n) is 3.07. The Labute approximate surface area is 151 Å². The zero-order chi connectivity index (χ0) is 18.4. The van der Waals surface area contributed by atoms with Gasteiger partial charge in [0.15, 0.2) is 0 Å². The van der Waals surface area contributed by atoms with E-state index in [1.807, 2.05) is 38.1 Å². The van der Waals surface area contributed by atoms with Crippen LogP contribution in [0.2, 0.25) is 0 Å². The smallest absolute Gasteiger partial charge is 0.232 e. The highest BCUT2D eigenvalue weighted by atomic mass is 32.2. The maximum Gasteiger partial charge on any atom is 0.232 e. The lowest BCUT2D eigenvalue weighted by molar-refractivity contribution is -0.121. The van der Waals surface area contributed by atoms with Crippen LogP contribution in [-0.2, 0) is 14.8 Å². The Balaban J connectivity index is 2.08. The number of amides is 1. The van der Waals surface area contributed by atoms with E-state index < -0.39 is 10.0 Å². The second kappa shape index (κ2) is 8.56. The molecule has 1 aromatic carbocycles. The van der Waals surface area contributed by atoms with Crippen LogP contribution in [0.4, 0.5) is 11.4 Å². The normalized spacial score (nSPS) is 15.3. The first-order valence-corrected chi connectivity index (χ1v) is 10.7. The highest BCUT2D eigenvalue weighted by Gasteiger charge is 2.19. The molecule has 0 saturated carbocycles. The molecule has 2 rings (SSSR count). The predicted octanol–water partition coefficient (Wildman–Crippen LogP) is 2.36. The monoisotopic (exact) mass is 367 g/mol. The SMILES string of the molecule is CC(C)NC(=O)CCN(c1ccc(N2CCCCC2)cc1)S(C)(=O)=O. The summed E-state index contributed by atoms with van der Waals surface area (Å²) in [6, 6.07) is 7.62. The van der Waals surface area contributed by atoms with E-state index in [1.54, 1.807) is 0 Å². The van der Waals surface area contributed by atoms with Crippen molar-refractivity contribution in [3.63, 3.8) is 0 Å². The Morgan fingerprint density at radius 3 is 2.28 bits per heavy atom. The van der Waals surface area contributed by atoms with E-state index in [9.17, 15) is 13.2 Å². The van der Waals surface area contributed by atoms with E-state index in [4.69, 9.17) is 0 Å². The molecule has 0 spiro atoms. The molecule has 140 valence electrons. The topological polar surface area (TPSA) is 69.7 Å². The van der Waals surface area contributed by atoms with Crippen molar-refractivity contribution in [2.45, 2.75) is 45.6 Å². The van der Waals surface area contributed by atoms with Crippen LogP contribution in [0.15, 0.2) is 24.3 Å². The first kappa shape index (κ1) is 19.6. The van der Waals surface area contributed by atoms with Crippen LogP contribution in [0.3, 0.4) is 0 Å². The fraction of sp³-hybridized carbons (Fsp3) is 0.611. The Morgan fingerprint density at radius 1 is 1.16 bits per heavy atom. The Morgan fingerprint density at radius 2 is 1.76 bits per heavy atom. The molecule has 1 amide bonds. The largest absolute Gasteiger partial charge is 0.372 e. The van der Waals surface area contributed by atoms with E-state index in [0.29, 0.717) is 5.69 Å². The van der Waals surface area contributed by atoms with Gasteiger partial charge < -0.3 is 10.2 Å². The molecule has 0 aliphatic carbocycles. The van der Waals surface area contributed by atoms with Crippen molar-refractivity contribution < 1.29 is 13.2 Å². The number of benzene rings is 1. The molecule has 1 saturated heterocycles. The molecule has 0 atom stereocenters. The molecule has 1 aliphatic heterocycles. The number of rotatable bonds is 7. The number of sulfonamides is 1. The number of hydrogen-bond donors (Lipinski definition) is 1. The van der Waals surface area contributed by atoms with Gasteiger partial charge in [0.05, 0.1) is 11.9 Å². The molecule has 1 N–H and O–H groups in total. The van der Waals surface area contributed by atoms with Crippen LogP contribution in [-0.4, -0.2) is 46.3 Å². The zero-order valence-electron chi connectivity index (χ0n) is 15.4. The number of nitrogens with one attached hydrogen (secondary N) is 1. The first-order chi connectivity index (χ1) is 11.8. The minimum Gasteiger partial charge on any atom is -0.372 e. The summed E-state index contributed by atoms with van der Waals surface area (Å²) in [5.74, 6) is -0.145. The van der Waals surface area contributed by atoms with Gasteiger partial charge in [-0.15, -0.1) is 0 Å². The van der Waals surface area contributed by atoms with Crippen LogP contribution in [0.25, 0.3) is 0 Å². The van der Waals surface area contributed by atoms with Crippen molar-refractivity contribution in [2.24, 2.45) is 0 Å². The minimum atomic E-state index is -3.44. The summed E-state index contributed by atoms with van der Waals surface area (Å²) >= 11 is 0. The molecule has 1 heterocycles. The summed E-state index contributed by atoms with van der Waals surface area (Å²) < 4.78 is 25.6. The van der Waals surface area contributed by atoms with E-state index in [1.165, 1.54) is 29.8 Å². The van der Waals surface area contributed by atoms with E-state index >= 15 is 0 Å². The number of hydrogen-bond acceptors (Lipinski definition) is 4. The number of piperidine rings is 1. The zero-order valence-corrected chi connectivity index (χ0v) is 16.2. The fourth-order valence-corrected chi connectivity index (χ4v) is 3.99. The molecule has 7 heteroatoms. The predicted molar refractivity (Wildman–Crippen MR) is 103 cm³/mol. The van der Waals surface area contributed by atoms with Crippen LogP contribution in [0.1, 0.15) is 39.5 Å². The molecule has 0 radical (unpaired) electrons. The first-order valence-electron chi connectivity index (χ1n) is 8.89. The van der Waals surface area contributed by atoms with E-state index in [-0.39, 0.29) is 24.9 Å². The lowest BCUT2D eigenvalue weighted by atomic mass is 10.1. The number of carbonyl (C=O) groups excluding carboxylic acids is 1. The maximum absolute atomic E-state index is 12.1. The van der Waals surface area contributed by atoms with Crippen molar-refractivity contribution >= 4 is 27.3 Å². The summed E-state index contributed by atoms with van der Waals surface area (Å²) in [5.41, 5.74) is 1.72. The van der Waals surface area contributed by atoms with Crippen molar-refractivity contribution in [1.82, 2.24) is 5.32 Å². The second-order valence-corrected chi connectivity index (χ2v) is 8.78. The van der Waals surface area contributed by atoms with E-state index in [2.05, 4.69) is 10.2 Å². The van der Waals surface area contributed by atoms with Crippen molar-refractivity contribution in [3.8, 4) is 0 Å². The van der Waals surface area contributed by atoms with Crippen LogP contribution >= 0.6 is 0 Å². The van der Waals surface area contributed by atoms with Crippen LogP contribution < -0.4 is 14.5 Å². The molecule has 1 fully saturated rings. The van der Waals surface area contributed by atoms with Crippen molar-refractivity contribution in [1.29, 1.82) is 0 Å². The van der Waals surface area contributed by atoms with Gasteiger partial charge in [-0.05, 0) is 57.4 Å². The second-order valence-electron chi connectivity index (χ2n) is 6.87. The Bertz CT molecular complexity index is 665. The summed E-state index contributed by atoms with van der Waals surface area (Å²) in [7, 11) is -3.44. The molecule has 0 aromatic heterocycles. The summed E-state index contributed by atoms with van der Waals surface area (Å²) in [6.07, 6.45) is 4.98. The Hall–Kier alpha value is -1.76. The van der Waals surface area contributed by atoms with Gasteiger partial charge in [-0.2, -0.15) is 0 Å². The average Bonchev–Trinajstić information content (AvgIpc) is 2.54. The van der Waals surface area contributed by atoms with Gasteiger partial charge in [0, 0.05) is 37.8 Å². The van der Waals surface area contributed by atoms with Crippen molar-refractivity contribution in [2.75, 3.05) is 35.1 Å². The maximum atomic E-state index is 12.1. The van der Waals surface area contributed by atoms with Crippen molar-refractivity contribution in [3.05, 3.63) is 24.3 Å². The third-order valence-electron chi connectivity index (χ3n) is 4.25. The highest BCUT2D eigenvalue weighted by Crippen LogP contribution is 2.25. The number of carbonyl (C=O) groups is 1. The molecule has 0 bridgehead atoms. The summed E-state index contributed by atoms with van der Waals surface area (Å²) in [5, 5.41) is 2.79. The van der Waals surface area contributed by atoms with Crippen LogP contribution in [0, 0.1) is 0 Å². The van der Waals surface area contributed by atoms with E-state index in [0.717, 1.165) is 18.8 Å². The third kappa shape index (κ3) is 5.92. The molecule has 0 unspecified atom stereocenters. The van der Waals surface area contributed by atoms with Gasteiger partial charge in [-0.1, -0.05) is 0 Å². The van der Waals surface area contributed by atoms with Crippen LogP contribution in [0.5, 0.6) is 0 Å². The average molecular weight is 368 g/mol. The van der Waals surface area contributed by atoms with Gasteiger partial charge in [-0.3, -0.25) is 9.10 Å². The lowest BCUT2D eigenvalue weighted by Gasteiger charge is -2.29. The number of nitrogens with zero attached hydrogens (tertiary/aromatic N) is 2. The minimum absolute atomic E-state index is 0.0445. The molecule has 1 aliphatic rings. The molecule has 1 aromatic rings. The summed E-state index contributed by atoms with van der Waals surface area (Å²) in [4.78, 5) is 14.2. The summed E-state index contributed by atoms with van der Waals surface area (Å²) in [6.45, 7) is 5.99. The lowest BCUT2D eigenvalue weighted by Crippen LogP contribution is -2.36. The molecule has 6 nitrogen and oxygen atoms in total. The molecule has 25 heavy (non-hydrogen) atoms. The van der Waals surface area contributed by atoms with Gasteiger partial charge in [0.2, 0.25) is 15.9 Å². The molecular weight excluding hydrogens is 338 g/mol. The van der Waals surface area contributed by atoms with Gasteiger partial charge in [0.25, 0.3) is 0 Å². The quantitative estimate of drug-likeness (QED) is 0.803. The third-order valence-corrected chi connectivity index (χ3v) is 5.44. The number of anilines is 2. The molecular formula is C18H29N3O3S. The highest BCUT2D eigenvalue weighted by molar-refractivity contribution is 7.92. The Kier molecular flexibility index (Phi) is 6.70. The van der Waals surface area contributed by atoms with Gasteiger partial charge >= 0.3 is 0 Å². The van der Waals surface area contributed by atoms with Gasteiger partial charge in [0.1, 0.15) is 0 Å². The standard InChI is InChI=1S/C18H29N3O3S/c1-15(2)19-18(22)11-14-21(25(3,23)24)17-9-7-16(8-10-17)20-12-5-4-6-13-20/h7-10,15H,4-6,11-14H2,1-3H3,(H,19,22).